The second-order valence-corrected chi connectivity index (χ2v) is 8.81. The third kappa shape index (κ3) is 5.55. The van der Waals surface area contributed by atoms with Crippen LogP contribution in [0.5, 0.6) is 5.75 Å². The van der Waals surface area contributed by atoms with Crippen LogP contribution in [0.25, 0.3) is 10.9 Å². The van der Waals surface area contributed by atoms with E-state index in [4.69, 9.17) is 4.74 Å². The maximum atomic E-state index is 13.4. The van der Waals surface area contributed by atoms with Crippen LogP contribution in [0.4, 0.5) is 13.2 Å². The van der Waals surface area contributed by atoms with E-state index in [1.165, 1.54) is 43.3 Å². The number of carboxylic acids is 1. The quantitative estimate of drug-likeness (QED) is 0.390. The van der Waals surface area contributed by atoms with Gasteiger partial charge in [-0.1, -0.05) is 37.3 Å². The van der Waals surface area contributed by atoms with Crippen molar-refractivity contribution in [2.75, 3.05) is 7.11 Å². The van der Waals surface area contributed by atoms with E-state index in [1.54, 1.807) is 6.08 Å². The molecule has 3 atom stereocenters. The smallest absolute Gasteiger partial charge is 0.412 e. The Morgan fingerprint density at radius 2 is 1.87 bits per heavy atom. The zero-order valence-corrected chi connectivity index (χ0v) is 20.5. The number of methoxy groups -OCH3 is 1. The molecule has 1 amide bonds. The first-order valence-electron chi connectivity index (χ1n) is 11.6. The van der Waals surface area contributed by atoms with Gasteiger partial charge in [-0.2, -0.15) is 13.2 Å². The summed E-state index contributed by atoms with van der Waals surface area (Å²) in [5.74, 6) is -4.96. The zero-order valence-electron chi connectivity index (χ0n) is 20.5. The number of carboxylic acid groups (broad SMARTS) is 1. The van der Waals surface area contributed by atoms with Crippen molar-refractivity contribution in [3.63, 3.8) is 0 Å². The number of amides is 1. The number of alkyl halides is 3. The van der Waals surface area contributed by atoms with Gasteiger partial charge in [-0.05, 0) is 47.9 Å². The molecule has 0 radical (unpaired) electrons. The number of carbonyl (C=O) groups is 3. The average molecular weight is 538 g/mol. The number of hydrogen-bond acceptors (Lipinski definition) is 6. The van der Waals surface area contributed by atoms with Crippen LogP contribution in [0.3, 0.4) is 0 Å². The highest BCUT2D eigenvalue weighted by Crippen LogP contribution is 2.42. The van der Waals surface area contributed by atoms with Crippen LogP contribution in [0.2, 0.25) is 0 Å². The summed E-state index contributed by atoms with van der Waals surface area (Å²) >= 11 is 0. The molecule has 1 aromatic heterocycles. The van der Waals surface area contributed by atoms with E-state index in [9.17, 15) is 37.8 Å². The number of benzene rings is 1. The predicted octanol–water partition coefficient (Wildman–Crippen LogP) is 4.66. The second-order valence-electron chi connectivity index (χ2n) is 8.81. The number of pyridine rings is 1. The summed E-state index contributed by atoms with van der Waals surface area (Å²) in [5.41, 5.74) is -0.627. The first-order valence-corrected chi connectivity index (χ1v) is 11.6. The lowest BCUT2D eigenvalue weighted by atomic mass is 9.78. The molecule has 39 heavy (non-hydrogen) atoms. The summed E-state index contributed by atoms with van der Waals surface area (Å²) in [4.78, 5) is 41.7. The average Bonchev–Trinajstić information content (AvgIpc) is 2.90. The van der Waals surface area contributed by atoms with Crippen molar-refractivity contribution in [3.05, 3.63) is 94.7 Å². The lowest BCUT2D eigenvalue weighted by Gasteiger charge is -2.28. The van der Waals surface area contributed by atoms with Crippen LogP contribution in [-0.2, 0) is 9.53 Å². The summed E-state index contributed by atoms with van der Waals surface area (Å²) < 4.78 is 45.1. The maximum absolute atomic E-state index is 13.4. The number of ether oxygens (including phenoxy) is 1. The van der Waals surface area contributed by atoms with Gasteiger partial charge >= 0.3 is 18.1 Å². The van der Waals surface area contributed by atoms with E-state index in [0.717, 1.165) is 19.3 Å². The Labute approximate surface area is 220 Å². The van der Waals surface area contributed by atoms with E-state index >= 15 is 0 Å². The first-order chi connectivity index (χ1) is 18.4. The standard InChI is InChI=1S/C28H21F3N2O6/c1-14-18(4-3-5-21(14)28(29,30)31)16-8-11-22-19(12-16)20(26(36)37)13-23(32-22)25(35)33-24(27(38)39-2)15-6-9-17(34)10-7-15/h3-6,8-9,11-14,18,24,34H,1-2H3,(H,33,35)(H,36,37)/t14?,18?,24-/m0/s1. The number of esters is 1. The summed E-state index contributed by atoms with van der Waals surface area (Å²) in [7, 11) is 1.11. The Bertz CT molecular complexity index is 1510. The van der Waals surface area contributed by atoms with Gasteiger partial charge in [0.2, 0.25) is 0 Å². The fourth-order valence-electron chi connectivity index (χ4n) is 4.43. The van der Waals surface area contributed by atoms with Crippen molar-refractivity contribution in [2.24, 2.45) is 5.92 Å². The SMILES string of the molecule is COC(=O)[C@@H](NC(=O)c1cc(C(=O)O)c2cc(C3C=CC=C(C(F)(F)F)C3C)ccc2n1)c1c#cc(O)cc1. The van der Waals surface area contributed by atoms with Gasteiger partial charge in [-0.15, -0.1) is 0 Å². The Balaban J connectivity index is 1.70. The fourth-order valence-corrected chi connectivity index (χ4v) is 4.43. The monoisotopic (exact) mass is 538 g/mol. The van der Waals surface area contributed by atoms with Gasteiger partial charge in [0.05, 0.1) is 18.2 Å². The number of nitrogens with one attached hydrogen (secondary N) is 1. The van der Waals surface area contributed by atoms with Crippen molar-refractivity contribution in [2.45, 2.75) is 25.1 Å². The van der Waals surface area contributed by atoms with Crippen LogP contribution in [0, 0.1) is 18.1 Å². The molecule has 1 aliphatic rings. The molecule has 0 fully saturated rings. The highest BCUT2D eigenvalue weighted by molar-refractivity contribution is 6.06. The summed E-state index contributed by atoms with van der Waals surface area (Å²) in [5, 5.41) is 21.8. The van der Waals surface area contributed by atoms with Gasteiger partial charge in [0.1, 0.15) is 5.69 Å². The molecule has 0 saturated heterocycles. The fraction of sp³-hybridized carbons (Fsp3) is 0.214. The van der Waals surface area contributed by atoms with E-state index in [2.05, 4.69) is 22.4 Å². The summed E-state index contributed by atoms with van der Waals surface area (Å²) in [6, 6.07) is 11.6. The number of aromatic carboxylic acids is 1. The van der Waals surface area contributed by atoms with E-state index in [1.807, 2.05) is 0 Å². The molecule has 1 heterocycles. The van der Waals surface area contributed by atoms with Crippen LogP contribution >= 0.6 is 0 Å². The maximum Gasteiger partial charge on any atom is 0.412 e. The molecular weight excluding hydrogens is 517 g/mol. The first kappa shape index (κ1) is 27.2. The normalized spacial score (nSPS) is 17.6. The molecule has 0 bridgehead atoms. The Hall–Kier alpha value is -4.85. The molecule has 0 spiro atoms. The van der Waals surface area contributed by atoms with Crippen molar-refractivity contribution in [1.29, 1.82) is 0 Å². The second kappa shape index (κ2) is 10.5. The molecule has 0 aliphatic heterocycles. The van der Waals surface area contributed by atoms with Gasteiger partial charge in [-0.25, -0.2) is 14.6 Å². The Morgan fingerprint density at radius 3 is 2.49 bits per heavy atom. The van der Waals surface area contributed by atoms with Gasteiger partial charge in [0, 0.05) is 22.4 Å². The number of aromatic hydroxyl groups is 1. The van der Waals surface area contributed by atoms with Gasteiger partial charge < -0.3 is 20.3 Å². The highest BCUT2D eigenvalue weighted by Gasteiger charge is 2.40. The largest absolute Gasteiger partial charge is 0.501 e. The van der Waals surface area contributed by atoms with Crippen molar-refractivity contribution in [1.82, 2.24) is 10.3 Å². The molecule has 8 nitrogen and oxygen atoms in total. The predicted molar refractivity (Wildman–Crippen MR) is 132 cm³/mol. The van der Waals surface area contributed by atoms with E-state index in [0.29, 0.717) is 5.56 Å². The molecule has 4 rings (SSSR count). The van der Waals surface area contributed by atoms with E-state index < -0.39 is 47.5 Å². The minimum Gasteiger partial charge on any atom is -0.501 e. The molecule has 11 heteroatoms. The van der Waals surface area contributed by atoms with Gasteiger partial charge in [0.25, 0.3) is 5.91 Å². The molecular formula is C28H21F3N2O6. The van der Waals surface area contributed by atoms with Crippen LogP contribution in [0.1, 0.15) is 50.9 Å². The minimum atomic E-state index is -4.51. The number of fused-ring (bicyclic) bond motifs is 1. The van der Waals surface area contributed by atoms with Crippen molar-refractivity contribution < 1.29 is 42.5 Å². The highest BCUT2D eigenvalue weighted by atomic mass is 19.4. The van der Waals surface area contributed by atoms with Crippen LogP contribution < -0.4 is 5.32 Å². The number of halogens is 3. The number of allylic oxidation sites excluding steroid dienone is 4. The molecule has 2 unspecified atom stereocenters. The van der Waals surface area contributed by atoms with Crippen LogP contribution in [0.15, 0.2) is 60.2 Å². The number of rotatable bonds is 6. The summed E-state index contributed by atoms with van der Waals surface area (Å²) in [6.45, 7) is 1.45. The van der Waals surface area contributed by atoms with Crippen molar-refractivity contribution >= 4 is 28.7 Å². The number of hydrogen-bond donors (Lipinski definition) is 3. The van der Waals surface area contributed by atoms with Crippen molar-refractivity contribution in [3.8, 4) is 5.75 Å². The van der Waals surface area contributed by atoms with Crippen LogP contribution in [-0.4, -0.2) is 46.3 Å². The third-order valence-electron chi connectivity index (χ3n) is 6.41. The minimum absolute atomic E-state index is 0.113. The Kier molecular flexibility index (Phi) is 7.31. The number of aromatic nitrogens is 1. The molecule has 0 saturated carbocycles. The Morgan fingerprint density at radius 1 is 1.13 bits per heavy atom. The summed E-state index contributed by atoms with van der Waals surface area (Å²) in [6.07, 6.45) is -0.551. The van der Waals surface area contributed by atoms with E-state index in [-0.39, 0.29) is 33.5 Å². The molecule has 2 aromatic carbocycles. The van der Waals surface area contributed by atoms with Gasteiger partial charge in [-0.3, -0.25) is 4.79 Å². The number of carbonyl (C=O) groups excluding carboxylic acids is 2. The topological polar surface area (TPSA) is 126 Å². The molecule has 1 aliphatic carbocycles. The molecule has 3 N–H and O–H groups in total. The molecule has 200 valence electrons. The molecule has 3 aromatic rings. The van der Waals surface area contributed by atoms with Gasteiger partial charge in [0.15, 0.2) is 11.8 Å². The zero-order chi connectivity index (χ0) is 28.5. The third-order valence-corrected chi connectivity index (χ3v) is 6.41. The number of nitrogens with zero attached hydrogens (tertiary/aromatic N) is 1. The lowest BCUT2D eigenvalue weighted by Crippen LogP contribution is -2.35. The lowest BCUT2D eigenvalue weighted by molar-refractivity contribution is -0.143.